The van der Waals surface area contributed by atoms with Crippen molar-refractivity contribution in [2.45, 2.75) is 13.8 Å². The maximum atomic E-state index is 11.0. The lowest BCUT2D eigenvalue weighted by Gasteiger charge is -2.13. The van der Waals surface area contributed by atoms with Crippen molar-refractivity contribution >= 4 is 15.6 Å². The molecule has 0 bridgehead atoms. The number of hydrogen-bond donors (Lipinski definition) is 2. The van der Waals surface area contributed by atoms with Crippen molar-refractivity contribution in [2.24, 2.45) is 0 Å². The van der Waals surface area contributed by atoms with Gasteiger partial charge in [0, 0.05) is 7.11 Å². The van der Waals surface area contributed by atoms with Crippen molar-refractivity contribution in [1.82, 2.24) is 0 Å². The number of phosphoric acid groups is 2. The summed E-state index contributed by atoms with van der Waals surface area (Å²) in [7, 11) is -8.22. The number of hydrogen-bond acceptors (Lipinski definition) is 5. The van der Waals surface area contributed by atoms with Crippen LogP contribution in [0.15, 0.2) is 11.6 Å². The second-order valence-electron chi connectivity index (χ2n) is 2.78. The van der Waals surface area contributed by atoms with Crippen LogP contribution in [0.2, 0.25) is 0 Å². The maximum Gasteiger partial charge on any atom is 0.481 e. The Morgan fingerprint density at radius 2 is 1.80 bits per heavy atom. The predicted octanol–water partition coefficient (Wildman–Crippen LogP) is 1.83. The highest BCUT2D eigenvalue weighted by molar-refractivity contribution is 7.61. The third-order valence-electron chi connectivity index (χ3n) is 1.17. The van der Waals surface area contributed by atoms with Gasteiger partial charge < -0.3 is 9.79 Å². The summed E-state index contributed by atoms with van der Waals surface area (Å²) in [4.78, 5) is 17.7. The lowest BCUT2D eigenvalue weighted by Crippen LogP contribution is -1.95. The monoisotopic (exact) mass is 260 g/mol. The number of rotatable bonds is 6. The topological polar surface area (TPSA) is 102 Å². The fourth-order valence-electron chi connectivity index (χ4n) is 0.485. The Morgan fingerprint density at radius 1 is 1.27 bits per heavy atom. The average molecular weight is 260 g/mol. The lowest BCUT2D eigenvalue weighted by atomic mass is 10.3. The summed E-state index contributed by atoms with van der Waals surface area (Å²) in [6.45, 7) is 3.33. The number of phosphoric ester groups is 2. The van der Waals surface area contributed by atoms with E-state index < -0.39 is 15.6 Å². The molecular weight excluding hydrogens is 246 g/mol. The third-order valence-corrected chi connectivity index (χ3v) is 3.75. The first-order chi connectivity index (χ1) is 6.68. The van der Waals surface area contributed by atoms with Crippen LogP contribution < -0.4 is 0 Å². The molecule has 7 nitrogen and oxygen atoms in total. The molecule has 2 N–H and O–H groups in total. The van der Waals surface area contributed by atoms with Gasteiger partial charge in [-0.2, -0.15) is 4.31 Å². The largest absolute Gasteiger partial charge is 0.481 e. The van der Waals surface area contributed by atoms with Gasteiger partial charge in [0.1, 0.15) is 0 Å². The van der Waals surface area contributed by atoms with Crippen LogP contribution in [0.4, 0.5) is 0 Å². The van der Waals surface area contributed by atoms with Crippen LogP contribution in [-0.2, 0) is 22.5 Å². The van der Waals surface area contributed by atoms with Crippen LogP contribution in [0, 0.1) is 0 Å². The minimum absolute atomic E-state index is 0.195. The van der Waals surface area contributed by atoms with Gasteiger partial charge in [-0.05, 0) is 13.8 Å². The van der Waals surface area contributed by atoms with Gasteiger partial charge in [0.2, 0.25) is 0 Å². The van der Waals surface area contributed by atoms with E-state index in [9.17, 15) is 9.13 Å². The van der Waals surface area contributed by atoms with Gasteiger partial charge in [-0.25, -0.2) is 9.13 Å². The standard InChI is InChI=1S/C6H14O7P2/c1-6(2)4-5-12-15(9,10)13-14(7,8)11-3/h4H,5H2,1-3H3,(H,7,8)(H,9,10). The van der Waals surface area contributed by atoms with Crippen LogP contribution in [0.5, 0.6) is 0 Å². The Morgan fingerprint density at radius 3 is 2.20 bits per heavy atom. The van der Waals surface area contributed by atoms with E-state index in [1.165, 1.54) is 6.08 Å². The van der Waals surface area contributed by atoms with E-state index in [0.717, 1.165) is 12.7 Å². The van der Waals surface area contributed by atoms with Gasteiger partial charge >= 0.3 is 15.6 Å². The Hall–Kier alpha value is 0.0000000000000000555. The first-order valence-electron chi connectivity index (χ1n) is 3.89. The maximum absolute atomic E-state index is 11.0. The lowest BCUT2D eigenvalue weighted by molar-refractivity contribution is 0.178. The molecule has 15 heavy (non-hydrogen) atoms. The van der Waals surface area contributed by atoms with E-state index >= 15 is 0 Å². The Kier molecular flexibility index (Phi) is 5.92. The number of allylic oxidation sites excluding steroid dienone is 1. The SMILES string of the molecule is COP(=O)(O)OP(=O)(O)OCC=C(C)C. The molecule has 2 unspecified atom stereocenters. The summed E-state index contributed by atoms with van der Waals surface area (Å²) in [6, 6.07) is 0. The molecule has 0 fully saturated rings. The van der Waals surface area contributed by atoms with Crippen molar-refractivity contribution in [2.75, 3.05) is 13.7 Å². The van der Waals surface area contributed by atoms with E-state index in [2.05, 4.69) is 13.4 Å². The van der Waals surface area contributed by atoms with Gasteiger partial charge in [-0.15, -0.1) is 0 Å². The first-order valence-corrected chi connectivity index (χ1v) is 6.88. The van der Waals surface area contributed by atoms with Gasteiger partial charge in [-0.1, -0.05) is 11.6 Å². The first kappa shape index (κ1) is 15.0. The normalized spacial score (nSPS) is 19.0. The van der Waals surface area contributed by atoms with E-state index in [4.69, 9.17) is 9.79 Å². The summed E-state index contributed by atoms with van der Waals surface area (Å²) < 4.78 is 34.1. The average Bonchev–Trinajstić information content (AvgIpc) is 2.01. The molecule has 0 saturated heterocycles. The molecule has 0 rings (SSSR count). The fourth-order valence-corrected chi connectivity index (χ4v) is 2.25. The van der Waals surface area contributed by atoms with Crippen molar-refractivity contribution in [1.29, 1.82) is 0 Å². The molecule has 2 atom stereocenters. The highest BCUT2D eigenvalue weighted by Crippen LogP contribution is 2.59. The van der Waals surface area contributed by atoms with Crippen molar-refractivity contribution in [3.63, 3.8) is 0 Å². The summed E-state index contributed by atoms with van der Waals surface area (Å²) in [5.41, 5.74) is 0.869. The van der Waals surface area contributed by atoms with Crippen LogP contribution in [0.25, 0.3) is 0 Å². The molecule has 0 aromatic carbocycles. The van der Waals surface area contributed by atoms with E-state index in [-0.39, 0.29) is 6.61 Å². The molecule has 0 spiro atoms. The second-order valence-corrected chi connectivity index (χ2v) is 5.93. The quantitative estimate of drug-likeness (QED) is 0.554. The predicted molar refractivity (Wildman–Crippen MR) is 53.1 cm³/mol. The van der Waals surface area contributed by atoms with Crippen molar-refractivity contribution in [3.8, 4) is 0 Å². The molecule has 0 aliphatic heterocycles. The molecule has 9 heteroatoms. The van der Waals surface area contributed by atoms with Gasteiger partial charge in [0.25, 0.3) is 0 Å². The molecule has 0 heterocycles. The zero-order chi connectivity index (χ0) is 12.1. The van der Waals surface area contributed by atoms with Gasteiger partial charge in [-0.3, -0.25) is 9.05 Å². The smallest absolute Gasteiger partial charge is 0.302 e. The highest BCUT2D eigenvalue weighted by atomic mass is 31.3. The summed E-state index contributed by atoms with van der Waals surface area (Å²) in [5.74, 6) is 0. The Bertz CT molecular complexity index is 319. The Balaban J connectivity index is 4.26. The summed E-state index contributed by atoms with van der Waals surface area (Å²) >= 11 is 0. The fraction of sp³-hybridized carbons (Fsp3) is 0.667. The molecule has 0 amide bonds. The van der Waals surface area contributed by atoms with E-state index in [1.54, 1.807) is 13.8 Å². The molecule has 0 aromatic rings. The molecule has 0 radical (unpaired) electrons. The second kappa shape index (κ2) is 5.92. The molecular formula is C6H14O7P2. The molecule has 0 aromatic heterocycles. The van der Waals surface area contributed by atoms with Gasteiger partial charge in [0.05, 0.1) is 6.61 Å². The van der Waals surface area contributed by atoms with Crippen LogP contribution in [0.1, 0.15) is 13.8 Å². The molecule has 0 aliphatic carbocycles. The van der Waals surface area contributed by atoms with E-state index in [0.29, 0.717) is 0 Å². The minimum atomic E-state index is -4.57. The molecule has 90 valence electrons. The zero-order valence-electron chi connectivity index (χ0n) is 8.61. The van der Waals surface area contributed by atoms with Crippen LogP contribution in [-0.4, -0.2) is 23.5 Å². The van der Waals surface area contributed by atoms with Gasteiger partial charge in [0.15, 0.2) is 0 Å². The summed E-state index contributed by atoms with van der Waals surface area (Å²) in [5, 5.41) is 0. The van der Waals surface area contributed by atoms with Crippen molar-refractivity contribution < 1.29 is 32.3 Å². The van der Waals surface area contributed by atoms with Crippen LogP contribution in [0.3, 0.4) is 0 Å². The zero-order valence-corrected chi connectivity index (χ0v) is 10.4. The van der Waals surface area contributed by atoms with E-state index in [1.807, 2.05) is 0 Å². The van der Waals surface area contributed by atoms with Crippen LogP contribution >= 0.6 is 15.6 Å². The minimum Gasteiger partial charge on any atom is -0.302 e. The molecule has 0 aliphatic rings. The third kappa shape index (κ3) is 7.88. The highest BCUT2D eigenvalue weighted by Gasteiger charge is 2.33. The molecule has 0 saturated carbocycles. The Labute approximate surface area is 87.9 Å². The van der Waals surface area contributed by atoms with Crippen molar-refractivity contribution in [3.05, 3.63) is 11.6 Å². The summed E-state index contributed by atoms with van der Waals surface area (Å²) in [6.07, 6.45) is 1.52.